The summed E-state index contributed by atoms with van der Waals surface area (Å²) in [7, 11) is 1.71. The third kappa shape index (κ3) is 2.82. The van der Waals surface area contributed by atoms with E-state index in [-0.39, 0.29) is 17.6 Å². The smallest absolute Gasteiger partial charge is 0.131 e. The molecule has 2 rings (SSSR count). The first-order chi connectivity index (χ1) is 8.61. The summed E-state index contributed by atoms with van der Waals surface area (Å²) in [5.74, 6) is 0.178. The minimum Gasteiger partial charge on any atom is -0.508 e. The molecule has 0 bridgehead atoms. The number of likely N-dealkylation sites (tertiary alicyclic amines) is 1. The Labute approximate surface area is 107 Å². The van der Waals surface area contributed by atoms with Crippen LogP contribution in [0.4, 0.5) is 4.39 Å². The third-order valence-corrected chi connectivity index (χ3v) is 3.70. The van der Waals surface area contributed by atoms with Crippen LogP contribution in [0.15, 0.2) is 18.2 Å². The van der Waals surface area contributed by atoms with E-state index in [9.17, 15) is 9.50 Å². The zero-order chi connectivity index (χ0) is 13.1. The summed E-state index contributed by atoms with van der Waals surface area (Å²) in [5.41, 5.74) is 0.644. The van der Waals surface area contributed by atoms with Gasteiger partial charge in [0.1, 0.15) is 11.6 Å². The maximum Gasteiger partial charge on any atom is 0.131 e. The van der Waals surface area contributed by atoms with Crippen molar-refractivity contribution in [1.82, 2.24) is 4.90 Å². The van der Waals surface area contributed by atoms with Gasteiger partial charge in [-0.3, -0.25) is 4.90 Å². The fourth-order valence-corrected chi connectivity index (χ4v) is 2.64. The number of hydrogen-bond donors (Lipinski definition) is 1. The van der Waals surface area contributed by atoms with Crippen LogP contribution >= 0.6 is 0 Å². The van der Waals surface area contributed by atoms with Crippen molar-refractivity contribution in [2.24, 2.45) is 5.92 Å². The SMILES string of the molecule is COCC1CCN(C(C)c2ccc(O)cc2F)C1. The van der Waals surface area contributed by atoms with Crippen molar-refractivity contribution in [1.29, 1.82) is 0 Å². The number of phenolic OH excluding ortho intramolecular Hbond substituents is 1. The van der Waals surface area contributed by atoms with Crippen LogP contribution in [0.5, 0.6) is 5.75 Å². The molecule has 1 N–H and O–H groups in total. The minimum atomic E-state index is -0.335. The first-order valence-corrected chi connectivity index (χ1v) is 6.33. The maximum atomic E-state index is 13.8. The molecular formula is C14H20FNO2. The first-order valence-electron chi connectivity index (χ1n) is 6.33. The van der Waals surface area contributed by atoms with Gasteiger partial charge in [0.05, 0.1) is 6.61 Å². The molecule has 0 radical (unpaired) electrons. The minimum absolute atomic E-state index is 0.0258. The number of benzene rings is 1. The van der Waals surface area contributed by atoms with E-state index in [1.54, 1.807) is 13.2 Å². The van der Waals surface area contributed by atoms with Crippen LogP contribution in [0, 0.1) is 11.7 Å². The average Bonchev–Trinajstić information content (AvgIpc) is 2.77. The number of methoxy groups -OCH3 is 1. The summed E-state index contributed by atoms with van der Waals surface area (Å²) in [5, 5.41) is 9.23. The van der Waals surface area contributed by atoms with Gasteiger partial charge in [-0.25, -0.2) is 4.39 Å². The molecule has 0 aliphatic carbocycles. The molecule has 0 amide bonds. The Morgan fingerprint density at radius 1 is 1.56 bits per heavy atom. The summed E-state index contributed by atoms with van der Waals surface area (Å²) in [4.78, 5) is 2.26. The van der Waals surface area contributed by atoms with Crippen LogP contribution in [0.25, 0.3) is 0 Å². The molecule has 1 aromatic rings. The summed E-state index contributed by atoms with van der Waals surface area (Å²) < 4.78 is 19.0. The van der Waals surface area contributed by atoms with Crippen LogP contribution in [0.1, 0.15) is 24.9 Å². The lowest BCUT2D eigenvalue weighted by Gasteiger charge is -2.25. The Kier molecular flexibility index (Phi) is 4.19. The molecule has 100 valence electrons. The summed E-state index contributed by atoms with van der Waals surface area (Å²) in [6.07, 6.45) is 1.10. The molecule has 1 fully saturated rings. The lowest BCUT2D eigenvalue weighted by Crippen LogP contribution is -2.26. The van der Waals surface area contributed by atoms with Crippen molar-refractivity contribution < 1.29 is 14.2 Å². The van der Waals surface area contributed by atoms with E-state index in [0.29, 0.717) is 11.5 Å². The van der Waals surface area contributed by atoms with Gasteiger partial charge in [0.2, 0.25) is 0 Å². The summed E-state index contributed by atoms with van der Waals surface area (Å²) in [6.45, 7) is 4.68. The Morgan fingerprint density at radius 3 is 3.00 bits per heavy atom. The van der Waals surface area contributed by atoms with E-state index in [4.69, 9.17) is 4.74 Å². The summed E-state index contributed by atoms with van der Waals surface area (Å²) in [6, 6.07) is 4.41. The van der Waals surface area contributed by atoms with Crippen LogP contribution < -0.4 is 0 Å². The van der Waals surface area contributed by atoms with Crippen LogP contribution in [-0.4, -0.2) is 36.8 Å². The van der Waals surface area contributed by atoms with Crippen molar-refractivity contribution >= 4 is 0 Å². The van der Waals surface area contributed by atoms with Crippen LogP contribution in [0.3, 0.4) is 0 Å². The molecule has 1 aliphatic rings. The molecule has 18 heavy (non-hydrogen) atoms. The molecule has 1 aliphatic heterocycles. The fraction of sp³-hybridized carbons (Fsp3) is 0.571. The van der Waals surface area contributed by atoms with Crippen molar-refractivity contribution in [3.05, 3.63) is 29.6 Å². The molecule has 1 heterocycles. The Hall–Kier alpha value is -1.13. The van der Waals surface area contributed by atoms with Gasteiger partial charge < -0.3 is 9.84 Å². The predicted molar refractivity (Wildman–Crippen MR) is 68.0 cm³/mol. The standard InChI is InChI=1S/C14H20FNO2/c1-10(13-4-3-12(17)7-14(13)15)16-6-5-11(8-16)9-18-2/h3-4,7,10-11,17H,5-6,8-9H2,1-2H3. The topological polar surface area (TPSA) is 32.7 Å². The van der Waals surface area contributed by atoms with Crippen LogP contribution in [-0.2, 0) is 4.74 Å². The highest BCUT2D eigenvalue weighted by atomic mass is 19.1. The molecule has 2 unspecified atom stereocenters. The number of aromatic hydroxyl groups is 1. The quantitative estimate of drug-likeness (QED) is 0.895. The van der Waals surface area contributed by atoms with Crippen molar-refractivity contribution in [2.45, 2.75) is 19.4 Å². The number of halogens is 1. The molecule has 1 aromatic carbocycles. The van der Waals surface area contributed by atoms with Crippen LogP contribution in [0.2, 0.25) is 0 Å². The summed E-state index contributed by atoms with van der Waals surface area (Å²) >= 11 is 0. The lowest BCUT2D eigenvalue weighted by atomic mass is 10.1. The lowest BCUT2D eigenvalue weighted by molar-refractivity contribution is 0.148. The molecule has 4 heteroatoms. The van der Waals surface area contributed by atoms with Gasteiger partial charge in [-0.2, -0.15) is 0 Å². The zero-order valence-corrected chi connectivity index (χ0v) is 10.9. The molecular weight excluding hydrogens is 233 g/mol. The number of hydrogen-bond acceptors (Lipinski definition) is 3. The van der Waals surface area contributed by atoms with Gasteiger partial charge in [0, 0.05) is 31.3 Å². The average molecular weight is 253 g/mol. The van der Waals surface area contributed by atoms with E-state index >= 15 is 0 Å². The van der Waals surface area contributed by atoms with Crippen molar-refractivity contribution in [3.63, 3.8) is 0 Å². The van der Waals surface area contributed by atoms with Gasteiger partial charge in [0.15, 0.2) is 0 Å². The van der Waals surface area contributed by atoms with Gasteiger partial charge in [-0.1, -0.05) is 6.07 Å². The monoisotopic (exact) mass is 253 g/mol. The van der Waals surface area contributed by atoms with E-state index in [1.165, 1.54) is 12.1 Å². The predicted octanol–water partition coefficient (Wildman–Crippen LogP) is 2.56. The van der Waals surface area contributed by atoms with Gasteiger partial charge in [-0.05, 0) is 31.9 Å². The van der Waals surface area contributed by atoms with E-state index in [2.05, 4.69) is 4.90 Å². The van der Waals surface area contributed by atoms with E-state index < -0.39 is 0 Å². The third-order valence-electron chi connectivity index (χ3n) is 3.70. The largest absolute Gasteiger partial charge is 0.508 e. The van der Waals surface area contributed by atoms with E-state index in [1.807, 2.05) is 6.92 Å². The van der Waals surface area contributed by atoms with E-state index in [0.717, 1.165) is 26.1 Å². The molecule has 0 spiro atoms. The number of nitrogens with zero attached hydrogens (tertiary/aromatic N) is 1. The van der Waals surface area contributed by atoms with Crippen molar-refractivity contribution in [3.8, 4) is 5.75 Å². The maximum absolute atomic E-state index is 13.8. The second-order valence-corrected chi connectivity index (χ2v) is 4.99. The highest BCUT2D eigenvalue weighted by Gasteiger charge is 2.27. The Bertz CT molecular complexity index is 411. The van der Waals surface area contributed by atoms with Gasteiger partial charge in [-0.15, -0.1) is 0 Å². The molecule has 3 nitrogen and oxygen atoms in total. The first kappa shape index (κ1) is 13.3. The normalized spacial score (nSPS) is 22.3. The van der Waals surface area contributed by atoms with Crippen molar-refractivity contribution in [2.75, 3.05) is 26.8 Å². The second kappa shape index (κ2) is 5.67. The highest BCUT2D eigenvalue weighted by Crippen LogP contribution is 2.30. The van der Waals surface area contributed by atoms with Gasteiger partial charge in [0.25, 0.3) is 0 Å². The highest BCUT2D eigenvalue weighted by molar-refractivity contribution is 5.29. The number of rotatable bonds is 4. The second-order valence-electron chi connectivity index (χ2n) is 4.99. The number of phenols is 1. The molecule has 0 saturated carbocycles. The molecule has 1 saturated heterocycles. The Balaban J connectivity index is 2.05. The number of ether oxygens (including phenoxy) is 1. The fourth-order valence-electron chi connectivity index (χ4n) is 2.64. The molecule has 0 aromatic heterocycles. The molecule has 2 atom stereocenters. The Morgan fingerprint density at radius 2 is 2.33 bits per heavy atom. The van der Waals surface area contributed by atoms with Gasteiger partial charge >= 0.3 is 0 Å². The zero-order valence-electron chi connectivity index (χ0n) is 10.9.